The van der Waals surface area contributed by atoms with Gasteiger partial charge in [-0.1, -0.05) is 18.2 Å². The second-order valence-corrected chi connectivity index (χ2v) is 4.68. The van der Waals surface area contributed by atoms with Crippen LogP contribution in [0.15, 0.2) is 35.4 Å². The summed E-state index contributed by atoms with van der Waals surface area (Å²) in [5.74, 6) is 0.0460. The molecule has 1 aliphatic heterocycles. The van der Waals surface area contributed by atoms with Crippen molar-refractivity contribution in [1.82, 2.24) is 0 Å². The van der Waals surface area contributed by atoms with Gasteiger partial charge in [0, 0.05) is 6.42 Å². The number of para-hydroxylation sites is 1. The molecule has 1 aromatic carbocycles. The highest BCUT2D eigenvalue weighted by Gasteiger charge is 2.31. The maximum absolute atomic E-state index is 11.8. The predicted octanol–water partition coefficient (Wildman–Crippen LogP) is 2.22. The summed E-state index contributed by atoms with van der Waals surface area (Å²) in [4.78, 5) is 11.8. The molecule has 4 nitrogen and oxygen atoms in total. The highest BCUT2D eigenvalue weighted by molar-refractivity contribution is 6.41. The zero-order chi connectivity index (χ0) is 12.3. The number of rotatable bonds is 2. The molecular weight excluding hydrogens is 216 g/mol. The Balaban J connectivity index is 2.02. The van der Waals surface area contributed by atoms with Crippen molar-refractivity contribution >= 4 is 17.2 Å². The number of ether oxygens (including phenoxy) is 1. The van der Waals surface area contributed by atoms with E-state index in [2.05, 4.69) is 10.5 Å². The van der Waals surface area contributed by atoms with Gasteiger partial charge in [-0.25, -0.2) is 0 Å². The van der Waals surface area contributed by atoms with Gasteiger partial charge in [-0.05, 0) is 26.0 Å². The normalized spacial score (nSPS) is 21.5. The van der Waals surface area contributed by atoms with Gasteiger partial charge in [0.2, 0.25) is 0 Å². The van der Waals surface area contributed by atoms with E-state index in [0.717, 1.165) is 5.69 Å². The topological polar surface area (TPSA) is 50.7 Å². The third-order valence-corrected chi connectivity index (χ3v) is 2.60. The highest BCUT2D eigenvalue weighted by Crippen LogP contribution is 2.20. The van der Waals surface area contributed by atoms with E-state index in [-0.39, 0.29) is 18.0 Å². The second kappa shape index (κ2) is 4.67. The molecule has 0 aromatic heterocycles. The first-order valence-electron chi connectivity index (χ1n) is 5.62. The summed E-state index contributed by atoms with van der Waals surface area (Å²) >= 11 is 0. The molecule has 1 saturated heterocycles. The van der Waals surface area contributed by atoms with Gasteiger partial charge in [0.15, 0.2) is 5.78 Å². The van der Waals surface area contributed by atoms with Crippen molar-refractivity contribution in [3.8, 4) is 0 Å². The van der Waals surface area contributed by atoms with Gasteiger partial charge in [0.1, 0.15) is 5.71 Å². The molecule has 0 saturated carbocycles. The maximum Gasteiger partial charge on any atom is 0.184 e. The number of ketones is 1. The molecule has 1 heterocycles. The van der Waals surface area contributed by atoms with Crippen molar-refractivity contribution in [2.45, 2.75) is 25.9 Å². The van der Waals surface area contributed by atoms with E-state index >= 15 is 0 Å². The van der Waals surface area contributed by atoms with Gasteiger partial charge in [-0.15, -0.1) is 0 Å². The molecule has 17 heavy (non-hydrogen) atoms. The molecule has 1 aliphatic rings. The lowest BCUT2D eigenvalue weighted by Crippen LogP contribution is -2.40. The van der Waals surface area contributed by atoms with Crippen LogP contribution in [0, 0.1) is 0 Å². The lowest BCUT2D eigenvalue weighted by molar-refractivity contribution is -0.122. The van der Waals surface area contributed by atoms with Crippen LogP contribution in [0.4, 0.5) is 5.69 Å². The van der Waals surface area contributed by atoms with Crippen LogP contribution in [-0.2, 0) is 9.53 Å². The zero-order valence-corrected chi connectivity index (χ0v) is 10.1. The van der Waals surface area contributed by atoms with E-state index < -0.39 is 0 Å². The molecule has 0 amide bonds. The fourth-order valence-electron chi connectivity index (χ4n) is 1.62. The molecule has 0 bridgehead atoms. The van der Waals surface area contributed by atoms with E-state index in [1.165, 1.54) is 0 Å². The number of hydrogen-bond acceptors (Lipinski definition) is 4. The standard InChI is InChI=1S/C13H16N2O2/c1-13(2)8-12(16)11(9-17-13)15-14-10-6-4-3-5-7-10/h3-7,14H,8-9H2,1-2H3/b15-11-. The van der Waals surface area contributed by atoms with Gasteiger partial charge in [-0.2, -0.15) is 5.10 Å². The number of anilines is 1. The SMILES string of the molecule is CC1(C)CC(=O)/C(=N\Nc2ccccc2)CO1. The lowest BCUT2D eigenvalue weighted by Gasteiger charge is -2.29. The van der Waals surface area contributed by atoms with Crippen molar-refractivity contribution in [3.05, 3.63) is 30.3 Å². The Labute approximate surface area is 101 Å². The quantitative estimate of drug-likeness (QED) is 0.795. The van der Waals surface area contributed by atoms with Crippen LogP contribution in [0.25, 0.3) is 0 Å². The summed E-state index contributed by atoms with van der Waals surface area (Å²) in [5.41, 5.74) is 3.80. The zero-order valence-electron chi connectivity index (χ0n) is 10.1. The van der Waals surface area contributed by atoms with Crippen LogP contribution in [-0.4, -0.2) is 23.7 Å². The molecule has 1 N–H and O–H groups in total. The number of hydrazone groups is 1. The molecule has 0 spiro atoms. The van der Waals surface area contributed by atoms with Crippen molar-refractivity contribution in [2.75, 3.05) is 12.0 Å². The van der Waals surface area contributed by atoms with E-state index in [1.807, 2.05) is 44.2 Å². The number of carbonyl (C=O) groups is 1. The summed E-state index contributed by atoms with van der Waals surface area (Å²) in [5, 5.41) is 4.09. The number of hydrogen-bond donors (Lipinski definition) is 1. The van der Waals surface area contributed by atoms with Crippen LogP contribution in [0.1, 0.15) is 20.3 Å². The number of benzene rings is 1. The molecule has 0 atom stereocenters. The van der Waals surface area contributed by atoms with Gasteiger partial charge in [-0.3, -0.25) is 10.2 Å². The molecule has 1 aromatic rings. The summed E-state index contributed by atoms with van der Waals surface area (Å²) in [6, 6.07) is 9.52. The molecular formula is C13H16N2O2. The second-order valence-electron chi connectivity index (χ2n) is 4.68. The Morgan fingerprint density at radius 3 is 2.65 bits per heavy atom. The Morgan fingerprint density at radius 2 is 2.00 bits per heavy atom. The van der Waals surface area contributed by atoms with E-state index in [4.69, 9.17) is 4.74 Å². The molecule has 4 heteroatoms. The van der Waals surface area contributed by atoms with Gasteiger partial charge >= 0.3 is 0 Å². The van der Waals surface area contributed by atoms with Crippen molar-refractivity contribution in [1.29, 1.82) is 0 Å². The fourth-order valence-corrected chi connectivity index (χ4v) is 1.62. The molecule has 2 rings (SSSR count). The summed E-state index contributed by atoms with van der Waals surface area (Å²) in [6.07, 6.45) is 0.377. The minimum atomic E-state index is -0.372. The first-order chi connectivity index (χ1) is 8.07. The Bertz CT molecular complexity index is 438. The van der Waals surface area contributed by atoms with Crippen molar-refractivity contribution in [3.63, 3.8) is 0 Å². The largest absolute Gasteiger partial charge is 0.369 e. The number of nitrogens with zero attached hydrogens (tertiary/aromatic N) is 1. The van der Waals surface area contributed by atoms with Crippen LogP contribution >= 0.6 is 0 Å². The lowest BCUT2D eigenvalue weighted by atomic mass is 9.96. The third kappa shape index (κ3) is 3.14. The van der Waals surface area contributed by atoms with Crippen molar-refractivity contribution in [2.24, 2.45) is 5.10 Å². The third-order valence-electron chi connectivity index (χ3n) is 2.60. The predicted molar refractivity (Wildman–Crippen MR) is 67.2 cm³/mol. The van der Waals surface area contributed by atoms with Crippen LogP contribution in [0.2, 0.25) is 0 Å². The Kier molecular flexibility index (Phi) is 3.24. The van der Waals surface area contributed by atoms with E-state index in [1.54, 1.807) is 0 Å². The molecule has 1 fully saturated rings. The minimum absolute atomic E-state index is 0.0460. The smallest absolute Gasteiger partial charge is 0.184 e. The number of Topliss-reactive ketones (excluding diaryl/α,β-unsaturated/α-hetero) is 1. The highest BCUT2D eigenvalue weighted by atomic mass is 16.5. The number of carbonyl (C=O) groups excluding carboxylic acids is 1. The maximum atomic E-state index is 11.8. The van der Waals surface area contributed by atoms with Crippen LogP contribution in [0.3, 0.4) is 0 Å². The van der Waals surface area contributed by atoms with Gasteiger partial charge in [0.05, 0.1) is 17.9 Å². The minimum Gasteiger partial charge on any atom is -0.369 e. The summed E-state index contributed by atoms with van der Waals surface area (Å²) < 4.78 is 5.55. The molecule has 90 valence electrons. The average molecular weight is 232 g/mol. The van der Waals surface area contributed by atoms with E-state index in [9.17, 15) is 4.79 Å². The van der Waals surface area contributed by atoms with E-state index in [0.29, 0.717) is 12.1 Å². The summed E-state index contributed by atoms with van der Waals surface area (Å²) in [7, 11) is 0. The Hall–Kier alpha value is -1.68. The molecule has 0 radical (unpaired) electrons. The van der Waals surface area contributed by atoms with Crippen molar-refractivity contribution < 1.29 is 9.53 Å². The number of nitrogens with one attached hydrogen (secondary N) is 1. The van der Waals surface area contributed by atoms with Gasteiger partial charge < -0.3 is 4.74 Å². The fraction of sp³-hybridized carbons (Fsp3) is 0.385. The average Bonchev–Trinajstić information content (AvgIpc) is 2.28. The monoisotopic (exact) mass is 232 g/mol. The van der Waals surface area contributed by atoms with Crippen LogP contribution in [0.5, 0.6) is 0 Å². The molecule has 0 aliphatic carbocycles. The first kappa shape index (κ1) is 11.8. The van der Waals surface area contributed by atoms with Gasteiger partial charge in [0.25, 0.3) is 0 Å². The first-order valence-corrected chi connectivity index (χ1v) is 5.62. The Morgan fingerprint density at radius 1 is 1.29 bits per heavy atom. The van der Waals surface area contributed by atoms with Crippen LogP contribution < -0.4 is 5.43 Å². The summed E-state index contributed by atoms with van der Waals surface area (Å²) in [6.45, 7) is 4.09. The molecule has 0 unspecified atom stereocenters.